The summed E-state index contributed by atoms with van der Waals surface area (Å²) >= 11 is 0. The molecule has 0 saturated carbocycles. The molecule has 0 aliphatic heterocycles. The second kappa shape index (κ2) is 25.7. The maximum Gasteiger partial charge on any atom is 1.00 e. The Bertz CT molecular complexity index is 214. The molecular weight excluding hydrogens is 293 g/mol. The summed E-state index contributed by atoms with van der Waals surface area (Å²) in [5.41, 5.74) is 4.57. The van der Waals surface area contributed by atoms with Crippen molar-refractivity contribution in [2.45, 2.75) is 84.0 Å². The average Bonchev–Trinajstić information content (AvgIpc) is 2.45. The molecule has 4 nitrogen and oxygen atoms in total. The summed E-state index contributed by atoms with van der Waals surface area (Å²) in [7, 11) is 0. The van der Waals surface area contributed by atoms with Gasteiger partial charge in [-0.25, -0.2) is 0 Å². The summed E-state index contributed by atoms with van der Waals surface area (Å²) in [5.74, 6) is -0.968. The van der Waals surface area contributed by atoms with Crippen molar-refractivity contribution >= 4 is 12.3 Å². The maximum absolute atomic E-state index is 9.94. The first-order valence-corrected chi connectivity index (χ1v) is 7.95. The van der Waals surface area contributed by atoms with Gasteiger partial charge in [0.05, 0.1) is 6.54 Å². The van der Waals surface area contributed by atoms with Gasteiger partial charge in [-0.2, -0.15) is 6.42 Å². The summed E-state index contributed by atoms with van der Waals surface area (Å²) in [6, 6.07) is 0. The largest absolute Gasteiger partial charge is 1.00 e. The summed E-state index contributed by atoms with van der Waals surface area (Å²) in [4.78, 5) is 19.2. The molecule has 0 bridgehead atoms. The number of carbonyl (C=O) groups is 1. The van der Waals surface area contributed by atoms with Gasteiger partial charge >= 0.3 is 57.4 Å². The average molecular weight is 326 g/mol. The molecule has 0 spiro atoms. The Balaban J connectivity index is -0.000000465. The number of aliphatic carboxylic acids is 1. The van der Waals surface area contributed by atoms with Crippen molar-refractivity contribution in [3.8, 4) is 0 Å². The van der Waals surface area contributed by atoms with Crippen LogP contribution < -0.4 is 57.1 Å². The Kier molecular flexibility index (Phi) is 32.6. The molecule has 0 atom stereocenters. The third-order valence-electron chi connectivity index (χ3n) is 3.06. The third kappa shape index (κ3) is 33.5. The van der Waals surface area contributed by atoms with Crippen LogP contribution in [0.1, 0.15) is 84.0 Å². The molecule has 0 heterocycles. The zero-order chi connectivity index (χ0) is 15.5. The van der Waals surface area contributed by atoms with Crippen LogP contribution in [0.2, 0.25) is 0 Å². The van der Waals surface area contributed by atoms with E-state index in [0.29, 0.717) is 6.42 Å². The molecule has 5 heteroatoms. The number of unbranched alkanes of at least 4 members (excludes halogenated alkanes) is 11. The minimum atomic E-state index is -0.968. The van der Waals surface area contributed by atoms with Crippen LogP contribution in [0.25, 0.3) is 0 Å². The Hall–Kier alpha value is 0.736. The van der Waals surface area contributed by atoms with Gasteiger partial charge in [-0.05, 0) is 0 Å². The summed E-state index contributed by atoms with van der Waals surface area (Å²) in [6.07, 6.45) is 17.3. The predicted molar refractivity (Wildman–Crippen MR) is 83.5 cm³/mol. The molecule has 0 saturated heterocycles. The molecular formula is C16H32KNO3. The van der Waals surface area contributed by atoms with Crippen molar-refractivity contribution in [1.29, 1.82) is 0 Å². The van der Waals surface area contributed by atoms with Crippen LogP contribution in [0, 0.1) is 0 Å². The van der Waals surface area contributed by atoms with Gasteiger partial charge in [0.25, 0.3) is 0 Å². The first-order valence-electron chi connectivity index (χ1n) is 7.95. The van der Waals surface area contributed by atoms with E-state index in [1.54, 1.807) is 0 Å². The Morgan fingerprint density at radius 2 is 1.24 bits per heavy atom. The van der Waals surface area contributed by atoms with E-state index in [2.05, 4.69) is 12.7 Å². The molecule has 0 rings (SSSR count). The number of rotatable bonds is 13. The molecule has 0 aromatic carbocycles. The van der Waals surface area contributed by atoms with Gasteiger partial charge in [0, 0.05) is 0 Å². The number of carbonyl (C=O) groups excluding carboxylic acids is 1. The quantitative estimate of drug-likeness (QED) is 0.299. The molecule has 0 aromatic heterocycles. The fourth-order valence-electron chi connectivity index (χ4n) is 1.86. The van der Waals surface area contributed by atoms with Gasteiger partial charge in [0.15, 0.2) is 0 Å². The predicted octanol–water partition coefficient (Wildman–Crippen LogP) is 0.831. The van der Waals surface area contributed by atoms with Crippen LogP contribution in [-0.4, -0.2) is 23.9 Å². The van der Waals surface area contributed by atoms with E-state index in [1.165, 1.54) is 64.2 Å². The summed E-state index contributed by atoms with van der Waals surface area (Å²) in [6.45, 7) is 1.98. The minimum Gasteiger partial charge on any atom is -0.542 e. The second-order valence-electron chi connectivity index (χ2n) is 5.03. The van der Waals surface area contributed by atoms with Gasteiger partial charge in [0.2, 0.25) is 0 Å². The Morgan fingerprint density at radius 1 is 0.905 bits per heavy atom. The van der Waals surface area contributed by atoms with Crippen LogP contribution in [0.15, 0.2) is 0 Å². The van der Waals surface area contributed by atoms with Crippen LogP contribution >= 0.6 is 0 Å². The zero-order valence-electron chi connectivity index (χ0n) is 14.0. The first-order chi connectivity index (χ1) is 9.68. The molecule has 0 unspecified atom stereocenters. The third-order valence-corrected chi connectivity index (χ3v) is 3.06. The molecule has 120 valence electrons. The van der Waals surface area contributed by atoms with Gasteiger partial charge < -0.3 is 15.6 Å². The van der Waals surface area contributed by atoms with Crippen molar-refractivity contribution in [1.82, 2.24) is 0 Å². The van der Waals surface area contributed by atoms with Crippen molar-refractivity contribution in [3.63, 3.8) is 0 Å². The Labute approximate surface area is 173 Å². The fraction of sp³-hybridized carbons (Fsp3) is 0.875. The van der Waals surface area contributed by atoms with E-state index in [1.807, 2.05) is 6.29 Å². The number of hydrogen-bond acceptors (Lipinski definition) is 3. The molecule has 0 amide bonds. The molecule has 21 heavy (non-hydrogen) atoms. The zero-order valence-corrected chi connectivity index (χ0v) is 17.2. The van der Waals surface area contributed by atoms with E-state index in [4.69, 9.17) is 5.11 Å². The van der Waals surface area contributed by atoms with E-state index in [0.717, 1.165) is 6.42 Å². The fourth-order valence-corrected chi connectivity index (χ4v) is 1.86. The standard InChI is InChI=1S/C14H27O.C2H5NO2.K/c1-2-3-4-5-6-7-8-9-10-11-12-13-14-15;3-1-2(4)5;/h2-13H2,1H3;1,3H2,(H,4,5);/q-1;;+1. The number of carboxylic acid groups (broad SMARTS) is 1. The smallest absolute Gasteiger partial charge is 0.542 e. The summed E-state index contributed by atoms with van der Waals surface area (Å²) in [5, 5.41) is 7.60. The van der Waals surface area contributed by atoms with E-state index >= 15 is 0 Å². The van der Waals surface area contributed by atoms with Crippen LogP contribution in [0.4, 0.5) is 0 Å². The molecule has 3 N–H and O–H groups in total. The van der Waals surface area contributed by atoms with Crippen molar-refractivity contribution in [2.24, 2.45) is 5.73 Å². The van der Waals surface area contributed by atoms with Gasteiger partial charge in [-0.1, -0.05) is 77.6 Å². The second-order valence-corrected chi connectivity index (χ2v) is 5.03. The normalized spacial score (nSPS) is 9.24. The number of carboxylic acids is 1. The van der Waals surface area contributed by atoms with Crippen LogP contribution in [0.3, 0.4) is 0 Å². The molecule has 0 fully saturated rings. The topological polar surface area (TPSA) is 80.4 Å². The van der Waals surface area contributed by atoms with Gasteiger partial charge in [-0.15, -0.1) is 0 Å². The van der Waals surface area contributed by atoms with Crippen LogP contribution in [-0.2, 0) is 9.59 Å². The SMILES string of the molecule is CCCCCCCCCCCCC[C-]=O.NCC(=O)O.[K+]. The monoisotopic (exact) mass is 325 g/mol. The van der Waals surface area contributed by atoms with E-state index in [9.17, 15) is 9.59 Å². The molecule has 0 aliphatic carbocycles. The van der Waals surface area contributed by atoms with Gasteiger partial charge in [0.1, 0.15) is 0 Å². The molecule has 0 aromatic rings. The first kappa shape index (κ1) is 26.6. The maximum atomic E-state index is 9.94. The minimum absolute atomic E-state index is 0. The number of nitrogens with two attached hydrogens (primary N) is 1. The van der Waals surface area contributed by atoms with Crippen molar-refractivity contribution < 1.29 is 66.1 Å². The van der Waals surface area contributed by atoms with Crippen LogP contribution in [0.5, 0.6) is 0 Å². The van der Waals surface area contributed by atoms with E-state index in [-0.39, 0.29) is 57.9 Å². The molecule has 0 aliphatic rings. The van der Waals surface area contributed by atoms with Gasteiger partial charge in [-0.3, -0.25) is 11.1 Å². The summed E-state index contributed by atoms with van der Waals surface area (Å²) < 4.78 is 0. The van der Waals surface area contributed by atoms with E-state index < -0.39 is 5.97 Å². The number of hydrogen-bond donors (Lipinski definition) is 2. The molecule has 0 radical (unpaired) electrons. The van der Waals surface area contributed by atoms with Crippen molar-refractivity contribution in [3.05, 3.63) is 0 Å². The Morgan fingerprint density at radius 3 is 1.52 bits per heavy atom. The van der Waals surface area contributed by atoms with Crippen molar-refractivity contribution in [2.75, 3.05) is 6.54 Å².